The molecule has 0 N–H and O–H groups in total. The summed E-state index contributed by atoms with van der Waals surface area (Å²) in [6.07, 6.45) is 3.15. The second kappa shape index (κ2) is 8.92. The van der Waals surface area contributed by atoms with Gasteiger partial charge < -0.3 is 4.52 Å². The number of nitrogens with zero attached hydrogens (tertiary/aromatic N) is 4. The van der Waals surface area contributed by atoms with Crippen LogP contribution in [0.4, 0.5) is 0 Å². The van der Waals surface area contributed by atoms with Gasteiger partial charge in [0, 0.05) is 12.1 Å². The highest BCUT2D eigenvalue weighted by Crippen LogP contribution is 2.25. The van der Waals surface area contributed by atoms with E-state index in [4.69, 9.17) is 9.51 Å². The molecule has 0 aliphatic carbocycles. The van der Waals surface area contributed by atoms with E-state index >= 15 is 0 Å². The van der Waals surface area contributed by atoms with E-state index in [2.05, 4.69) is 17.1 Å². The van der Waals surface area contributed by atoms with Gasteiger partial charge in [0.15, 0.2) is 5.16 Å². The van der Waals surface area contributed by atoms with Gasteiger partial charge in [0.05, 0.1) is 11.3 Å². The van der Waals surface area contributed by atoms with E-state index < -0.39 is 0 Å². The number of hydrogen-bond donors (Lipinski definition) is 0. The smallest absolute Gasteiger partial charge is 0.272 e. The van der Waals surface area contributed by atoms with Crippen LogP contribution in [0.15, 0.2) is 50.2 Å². The third kappa shape index (κ3) is 4.43. The minimum Gasteiger partial charge on any atom is -0.338 e. The Morgan fingerprint density at radius 3 is 2.76 bits per heavy atom. The molecule has 0 bridgehead atoms. The second-order valence-corrected chi connectivity index (χ2v) is 8.72. The molecule has 6 nitrogen and oxygen atoms in total. The minimum absolute atomic E-state index is 0.0366. The molecule has 8 heteroatoms. The lowest BCUT2D eigenvalue weighted by Crippen LogP contribution is -2.22. The molecule has 0 radical (unpaired) electrons. The maximum Gasteiger partial charge on any atom is 0.272 e. The molecule has 150 valence electrons. The monoisotopic (exact) mass is 426 g/mol. The molecular formula is C21H22N4O2S2. The van der Waals surface area contributed by atoms with Crippen LogP contribution >= 0.6 is 23.1 Å². The van der Waals surface area contributed by atoms with Crippen LogP contribution in [0.25, 0.3) is 21.6 Å². The largest absolute Gasteiger partial charge is 0.338 e. The molecule has 0 fully saturated rings. The van der Waals surface area contributed by atoms with Crippen LogP contribution in [0, 0.1) is 6.92 Å². The predicted molar refractivity (Wildman–Crippen MR) is 117 cm³/mol. The van der Waals surface area contributed by atoms with Gasteiger partial charge in [-0.1, -0.05) is 66.5 Å². The molecule has 0 aliphatic heterocycles. The highest BCUT2D eigenvalue weighted by atomic mass is 32.2. The number of unbranched alkanes of at least 4 members (excludes halogenated alkanes) is 2. The Bertz CT molecular complexity index is 1160. The average molecular weight is 427 g/mol. The lowest BCUT2D eigenvalue weighted by atomic mass is 10.1. The van der Waals surface area contributed by atoms with Crippen molar-refractivity contribution in [2.75, 3.05) is 0 Å². The number of benzene rings is 1. The molecule has 0 aliphatic rings. The first kappa shape index (κ1) is 19.8. The Kier molecular flexibility index (Phi) is 6.10. The molecule has 0 saturated carbocycles. The highest BCUT2D eigenvalue weighted by molar-refractivity contribution is 7.98. The van der Waals surface area contributed by atoms with E-state index in [0.29, 0.717) is 33.9 Å². The summed E-state index contributed by atoms with van der Waals surface area (Å²) in [5.74, 6) is 1.56. The van der Waals surface area contributed by atoms with E-state index in [1.165, 1.54) is 28.7 Å². The first-order valence-electron chi connectivity index (χ1n) is 9.66. The van der Waals surface area contributed by atoms with Crippen molar-refractivity contribution >= 4 is 33.3 Å². The molecule has 0 spiro atoms. The minimum atomic E-state index is 0.0366. The summed E-state index contributed by atoms with van der Waals surface area (Å²) in [5.41, 5.74) is 2.89. The van der Waals surface area contributed by atoms with Gasteiger partial charge >= 0.3 is 0 Å². The summed E-state index contributed by atoms with van der Waals surface area (Å²) in [5, 5.41) is 6.70. The van der Waals surface area contributed by atoms with E-state index in [-0.39, 0.29) is 5.56 Å². The number of hydrogen-bond acceptors (Lipinski definition) is 7. The van der Waals surface area contributed by atoms with Crippen molar-refractivity contribution in [2.24, 2.45) is 0 Å². The van der Waals surface area contributed by atoms with E-state index in [1.807, 2.05) is 42.6 Å². The highest BCUT2D eigenvalue weighted by Gasteiger charge is 2.15. The van der Waals surface area contributed by atoms with Gasteiger partial charge in [-0.3, -0.25) is 9.36 Å². The Labute approximate surface area is 177 Å². The summed E-state index contributed by atoms with van der Waals surface area (Å²) >= 11 is 2.91. The van der Waals surface area contributed by atoms with Crippen LogP contribution in [0.1, 0.15) is 37.6 Å². The SMILES string of the molecule is CCCCCn1c(SCc2nc(-c3ccc(C)cc3)no2)nc2ccsc2c1=O. The molecular weight excluding hydrogens is 404 g/mol. The Balaban J connectivity index is 1.55. The zero-order chi connectivity index (χ0) is 20.2. The molecule has 0 saturated heterocycles. The van der Waals surface area contributed by atoms with Crippen LogP contribution in [-0.4, -0.2) is 19.7 Å². The molecule has 3 heterocycles. The number of aryl methyl sites for hydroxylation is 1. The lowest BCUT2D eigenvalue weighted by molar-refractivity contribution is 0.391. The number of thiophene rings is 1. The van der Waals surface area contributed by atoms with Crippen molar-refractivity contribution in [2.45, 2.75) is 50.6 Å². The van der Waals surface area contributed by atoms with Crippen LogP contribution in [0.2, 0.25) is 0 Å². The zero-order valence-electron chi connectivity index (χ0n) is 16.4. The maximum absolute atomic E-state index is 12.9. The third-order valence-corrected chi connectivity index (χ3v) is 6.47. The summed E-state index contributed by atoms with van der Waals surface area (Å²) in [6, 6.07) is 9.90. The lowest BCUT2D eigenvalue weighted by Gasteiger charge is -2.10. The van der Waals surface area contributed by atoms with Crippen molar-refractivity contribution in [1.82, 2.24) is 19.7 Å². The topological polar surface area (TPSA) is 73.8 Å². The molecule has 4 rings (SSSR count). The van der Waals surface area contributed by atoms with Crippen molar-refractivity contribution in [1.29, 1.82) is 0 Å². The third-order valence-electron chi connectivity index (χ3n) is 4.62. The predicted octanol–water partition coefficient (Wildman–Crippen LogP) is 5.30. The van der Waals surface area contributed by atoms with Crippen LogP contribution < -0.4 is 5.56 Å². The van der Waals surface area contributed by atoms with E-state index in [0.717, 1.165) is 30.3 Å². The molecule has 29 heavy (non-hydrogen) atoms. The summed E-state index contributed by atoms with van der Waals surface area (Å²) < 4.78 is 7.92. The fourth-order valence-electron chi connectivity index (χ4n) is 3.01. The molecule has 1 aromatic carbocycles. The number of thioether (sulfide) groups is 1. The quantitative estimate of drug-likeness (QED) is 0.216. The maximum atomic E-state index is 12.9. The normalized spacial score (nSPS) is 11.4. The van der Waals surface area contributed by atoms with Gasteiger partial charge in [-0.2, -0.15) is 4.98 Å². The van der Waals surface area contributed by atoms with Gasteiger partial charge in [-0.05, 0) is 24.8 Å². The molecule has 4 aromatic rings. The number of rotatable bonds is 8. The first-order chi connectivity index (χ1) is 14.2. The Morgan fingerprint density at radius 2 is 1.97 bits per heavy atom. The van der Waals surface area contributed by atoms with Gasteiger partial charge in [0.2, 0.25) is 11.7 Å². The van der Waals surface area contributed by atoms with Crippen LogP contribution in [0.5, 0.6) is 0 Å². The van der Waals surface area contributed by atoms with Crippen molar-refractivity contribution in [3.8, 4) is 11.4 Å². The van der Waals surface area contributed by atoms with E-state index in [1.54, 1.807) is 4.57 Å². The number of fused-ring (bicyclic) bond motifs is 1. The Morgan fingerprint density at radius 1 is 1.14 bits per heavy atom. The van der Waals surface area contributed by atoms with Crippen LogP contribution in [0.3, 0.4) is 0 Å². The summed E-state index contributed by atoms with van der Waals surface area (Å²) in [7, 11) is 0. The van der Waals surface area contributed by atoms with Crippen molar-refractivity contribution in [3.05, 3.63) is 57.5 Å². The van der Waals surface area contributed by atoms with Crippen molar-refractivity contribution < 1.29 is 4.52 Å². The second-order valence-electron chi connectivity index (χ2n) is 6.86. The van der Waals surface area contributed by atoms with Crippen molar-refractivity contribution in [3.63, 3.8) is 0 Å². The molecule has 0 unspecified atom stereocenters. The first-order valence-corrected chi connectivity index (χ1v) is 11.5. The Hall–Kier alpha value is -2.45. The van der Waals surface area contributed by atoms with Gasteiger partial charge in [-0.25, -0.2) is 4.98 Å². The molecule has 3 aromatic heterocycles. The molecule has 0 amide bonds. The van der Waals surface area contributed by atoms with Crippen LogP contribution in [-0.2, 0) is 12.3 Å². The van der Waals surface area contributed by atoms with Gasteiger partial charge in [0.25, 0.3) is 5.56 Å². The fourth-order valence-corrected chi connectivity index (χ4v) is 4.65. The average Bonchev–Trinajstić information content (AvgIpc) is 3.38. The summed E-state index contributed by atoms with van der Waals surface area (Å²) in [4.78, 5) is 22.1. The van der Waals surface area contributed by atoms with Gasteiger partial charge in [-0.15, -0.1) is 11.3 Å². The van der Waals surface area contributed by atoms with E-state index in [9.17, 15) is 4.79 Å². The standard InChI is InChI=1S/C21H22N4O2S2/c1-3-4-5-11-25-20(26)18-16(10-12-28-18)22-21(25)29-13-17-23-19(24-27-17)15-8-6-14(2)7-9-15/h6-10,12H,3-5,11,13H2,1-2H3. The van der Waals surface area contributed by atoms with Gasteiger partial charge in [0.1, 0.15) is 4.70 Å². The fraction of sp³-hybridized carbons (Fsp3) is 0.333. The number of aromatic nitrogens is 4. The zero-order valence-corrected chi connectivity index (χ0v) is 18.1. The summed E-state index contributed by atoms with van der Waals surface area (Å²) in [6.45, 7) is 4.87. The molecule has 0 atom stereocenters.